The van der Waals surface area contributed by atoms with Gasteiger partial charge in [-0.05, 0) is 65.7 Å². The molecule has 2 aliphatic rings. The summed E-state index contributed by atoms with van der Waals surface area (Å²) in [4.78, 5) is 0. The third-order valence-electron chi connectivity index (χ3n) is 6.09. The standard InChI is InChI=1S/C18H26O2/c1-17(2)15-8-5-12-11-13(20-4)6-7-14(12)18(15,3)10-9-16(17)19/h6-7,11,15-16,19H,5,8-10H2,1-4H3/t15?,16-,18+/m0/s1. The van der Waals surface area contributed by atoms with Crippen molar-refractivity contribution in [2.45, 2.75) is 58.0 Å². The summed E-state index contributed by atoms with van der Waals surface area (Å²) in [5.74, 6) is 1.51. The Hall–Kier alpha value is -1.02. The van der Waals surface area contributed by atoms with Crippen molar-refractivity contribution in [3.8, 4) is 5.75 Å². The zero-order valence-electron chi connectivity index (χ0n) is 13.1. The molecule has 3 rings (SSSR count). The second-order valence-corrected chi connectivity index (χ2v) is 7.41. The van der Waals surface area contributed by atoms with Crippen molar-refractivity contribution in [1.29, 1.82) is 0 Å². The van der Waals surface area contributed by atoms with E-state index >= 15 is 0 Å². The molecule has 1 aromatic rings. The molecule has 0 amide bonds. The van der Waals surface area contributed by atoms with Gasteiger partial charge in [0.15, 0.2) is 0 Å². The topological polar surface area (TPSA) is 29.5 Å². The second kappa shape index (κ2) is 4.49. The van der Waals surface area contributed by atoms with Crippen LogP contribution in [0.2, 0.25) is 0 Å². The first-order chi connectivity index (χ1) is 9.39. The largest absolute Gasteiger partial charge is 0.497 e. The fourth-order valence-corrected chi connectivity index (χ4v) is 4.81. The summed E-state index contributed by atoms with van der Waals surface area (Å²) >= 11 is 0. The van der Waals surface area contributed by atoms with Gasteiger partial charge in [0.2, 0.25) is 0 Å². The highest BCUT2D eigenvalue weighted by Gasteiger charge is 2.53. The molecule has 0 saturated heterocycles. The Bertz CT molecular complexity index is 520. The van der Waals surface area contributed by atoms with E-state index in [4.69, 9.17) is 4.74 Å². The van der Waals surface area contributed by atoms with E-state index in [-0.39, 0.29) is 16.9 Å². The molecule has 0 radical (unpaired) electrons. The number of aliphatic hydroxyl groups excluding tert-OH is 1. The van der Waals surface area contributed by atoms with Crippen LogP contribution in [-0.4, -0.2) is 18.3 Å². The highest BCUT2D eigenvalue weighted by atomic mass is 16.5. The first kappa shape index (κ1) is 13.9. The van der Waals surface area contributed by atoms with Crippen LogP contribution in [0.1, 0.15) is 51.2 Å². The molecule has 0 heterocycles. The van der Waals surface area contributed by atoms with Gasteiger partial charge in [0.05, 0.1) is 13.2 Å². The van der Waals surface area contributed by atoms with Crippen molar-refractivity contribution < 1.29 is 9.84 Å². The lowest BCUT2D eigenvalue weighted by molar-refractivity contribution is -0.0731. The number of benzene rings is 1. The van der Waals surface area contributed by atoms with E-state index in [0.29, 0.717) is 5.92 Å². The van der Waals surface area contributed by atoms with Crippen molar-refractivity contribution >= 4 is 0 Å². The van der Waals surface area contributed by atoms with Crippen LogP contribution in [0.5, 0.6) is 5.75 Å². The van der Waals surface area contributed by atoms with Crippen LogP contribution in [0.4, 0.5) is 0 Å². The van der Waals surface area contributed by atoms with Crippen LogP contribution in [0, 0.1) is 11.3 Å². The van der Waals surface area contributed by atoms with Gasteiger partial charge in [0, 0.05) is 0 Å². The number of aliphatic hydroxyl groups is 1. The lowest BCUT2D eigenvalue weighted by atomic mass is 9.49. The van der Waals surface area contributed by atoms with Crippen LogP contribution < -0.4 is 4.74 Å². The van der Waals surface area contributed by atoms with Crippen molar-refractivity contribution in [3.63, 3.8) is 0 Å². The molecule has 0 spiro atoms. The lowest BCUT2D eigenvalue weighted by Crippen LogP contribution is -2.53. The van der Waals surface area contributed by atoms with Gasteiger partial charge in [0.1, 0.15) is 5.75 Å². The van der Waals surface area contributed by atoms with E-state index in [9.17, 15) is 5.11 Å². The first-order valence-corrected chi connectivity index (χ1v) is 7.75. The Kier molecular flexibility index (Phi) is 3.13. The quantitative estimate of drug-likeness (QED) is 0.846. The van der Waals surface area contributed by atoms with E-state index in [2.05, 4.69) is 39.0 Å². The number of aryl methyl sites for hydroxylation is 1. The number of rotatable bonds is 1. The summed E-state index contributed by atoms with van der Waals surface area (Å²) in [5.41, 5.74) is 3.12. The van der Waals surface area contributed by atoms with Gasteiger partial charge in [-0.25, -0.2) is 0 Å². The van der Waals surface area contributed by atoms with Crippen LogP contribution >= 0.6 is 0 Å². The van der Waals surface area contributed by atoms with E-state index in [1.807, 2.05) is 0 Å². The summed E-state index contributed by atoms with van der Waals surface area (Å²) < 4.78 is 5.37. The van der Waals surface area contributed by atoms with Crippen LogP contribution in [-0.2, 0) is 11.8 Å². The van der Waals surface area contributed by atoms with Crippen molar-refractivity contribution in [1.82, 2.24) is 0 Å². The molecule has 2 heteroatoms. The predicted molar refractivity (Wildman–Crippen MR) is 81.2 cm³/mol. The van der Waals surface area contributed by atoms with Crippen molar-refractivity contribution in [3.05, 3.63) is 29.3 Å². The van der Waals surface area contributed by atoms with Gasteiger partial charge < -0.3 is 9.84 Å². The Morgan fingerprint density at radius 3 is 2.65 bits per heavy atom. The summed E-state index contributed by atoms with van der Waals surface area (Å²) in [7, 11) is 1.73. The number of fused-ring (bicyclic) bond motifs is 3. The van der Waals surface area contributed by atoms with Gasteiger partial charge in [-0.2, -0.15) is 0 Å². The second-order valence-electron chi connectivity index (χ2n) is 7.41. The third-order valence-corrected chi connectivity index (χ3v) is 6.09. The Morgan fingerprint density at radius 1 is 1.20 bits per heavy atom. The maximum Gasteiger partial charge on any atom is 0.119 e. The molecule has 1 N–H and O–H groups in total. The average Bonchev–Trinajstić information content (AvgIpc) is 2.43. The smallest absolute Gasteiger partial charge is 0.119 e. The highest BCUT2D eigenvalue weighted by molar-refractivity contribution is 5.43. The van der Waals surface area contributed by atoms with Gasteiger partial charge in [-0.1, -0.05) is 26.8 Å². The molecule has 0 aliphatic heterocycles. The van der Waals surface area contributed by atoms with Crippen molar-refractivity contribution in [2.24, 2.45) is 11.3 Å². The van der Waals surface area contributed by atoms with Crippen LogP contribution in [0.3, 0.4) is 0 Å². The van der Waals surface area contributed by atoms with Gasteiger partial charge >= 0.3 is 0 Å². The zero-order valence-corrected chi connectivity index (χ0v) is 13.1. The maximum absolute atomic E-state index is 10.4. The van der Waals surface area contributed by atoms with E-state index < -0.39 is 0 Å². The highest BCUT2D eigenvalue weighted by Crippen LogP contribution is 2.57. The molecular weight excluding hydrogens is 248 g/mol. The summed E-state index contributed by atoms with van der Waals surface area (Å²) in [6, 6.07) is 6.55. The van der Waals surface area contributed by atoms with Crippen LogP contribution in [0.25, 0.3) is 0 Å². The Labute approximate surface area is 122 Å². The molecule has 3 atom stereocenters. The normalized spacial score (nSPS) is 35.0. The monoisotopic (exact) mass is 274 g/mol. The molecule has 20 heavy (non-hydrogen) atoms. The molecule has 0 bridgehead atoms. The van der Waals surface area contributed by atoms with E-state index in [1.54, 1.807) is 7.11 Å². The SMILES string of the molecule is COc1ccc2c(c1)CCC1C(C)(C)[C@@H](O)CC[C@]21C. The number of ether oxygens (including phenoxy) is 1. The van der Waals surface area contributed by atoms with Crippen LogP contribution in [0.15, 0.2) is 18.2 Å². The minimum Gasteiger partial charge on any atom is -0.497 e. The molecular formula is C18H26O2. The fourth-order valence-electron chi connectivity index (χ4n) is 4.81. The van der Waals surface area contributed by atoms with E-state index in [1.165, 1.54) is 17.5 Å². The molecule has 110 valence electrons. The molecule has 2 aliphatic carbocycles. The fraction of sp³-hybridized carbons (Fsp3) is 0.667. The minimum atomic E-state index is -0.166. The first-order valence-electron chi connectivity index (χ1n) is 7.75. The maximum atomic E-state index is 10.4. The number of methoxy groups -OCH3 is 1. The minimum absolute atomic E-state index is 0.00458. The molecule has 1 unspecified atom stereocenters. The number of hydrogen-bond acceptors (Lipinski definition) is 2. The van der Waals surface area contributed by atoms with Gasteiger partial charge in [-0.15, -0.1) is 0 Å². The Morgan fingerprint density at radius 2 is 1.95 bits per heavy atom. The predicted octanol–water partition coefficient (Wildman–Crippen LogP) is 3.70. The molecule has 1 aromatic carbocycles. The molecule has 0 aromatic heterocycles. The summed E-state index contributed by atoms with van der Waals surface area (Å²) in [6.45, 7) is 6.89. The lowest BCUT2D eigenvalue weighted by Gasteiger charge is -2.56. The molecule has 1 saturated carbocycles. The zero-order chi connectivity index (χ0) is 14.5. The average molecular weight is 274 g/mol. The summed E-state index contributed by atoms with van der Waals surface area (Å²) in [6.07, 6.45) is 4.09. The van der Waals surface area contributed by atoms with Gasteiger partial charge in [-0.3, -0.25) is 0 Å². The third kappa shape index (κ3) is 1.81. The Balaban J connectivity index is 2.07. The van der Waals surface area contributed by atoms with E-state index in [0.717, 1.165) is 25.0 Å². The molecule has 1 fully saturated rings. The van der Waals surface area contributed by atoms with Crippen molar-refractivity contribution in [2.75, 3.05) is 7.11 Å². The summed E-state index contributed by atoms with van der Waals surface area (Å²) in [5, 5.41) is 10.4. The van der Waals surface area contributed by atoms with Gasteiger partial charge in [0.25, 0.3) is 0 Å². The number of hydrogen-bond donors (Lipinski definition) is 1. The molecule has 2 nitrogen and oxygen atoms in total.